The fraction of sp³-hybridized carbons (Fsp3) is 0.400. The lowest BCUT2D eigenvalue weighted by Gasteiger charge is -2.16. The Kier molecular flexibility index (Phi) is 9.32. The SMILES string of the molecule is O=C(NCC(NS(=O)(=O)c1c(Cl)cccc1Cl)C(=O)O)C1=NOC(CCCCNc2ncc[nH]2)C1. The first-order valence-electron chi connectivity index (χ1n) is 10.6. The average molecular weight is 547 g/mol. The van der Waals surface area contributed by atoms with Crippen LogP contribution < -0.4 is 15.4 Å². The number of nitrogens with zero attached hydrogens (tertiary/aromatic N) is 2. The number of sulfonamides is 1. The van der Waals surface area contributed by atoms with Gasteiger partial charge in [-0.3, -0.25) is 9.59 Å². The van der Waals surface area contributed by atoms with Gasteiger partial charge in [0.15, 0.2) is 5.95 Å². The molecule has 2 heterocycles. The molecule has 3 rings (SSSR count). The fourth-order valence-corrected chi connectivity index (χ4v) is 5.58. The zero-order valence-corrected chi connectivity index (χ0v) is 20.7. The maximum atomic E-state index is 12.6. The normalized spacial score (nSPS) is 16.3. The third-order valence-electron chi connectivity index (χ3n) is 4.99. The number of carboxylic acids is 1. The van der Waals surface area contributed by atoms with Gasteiger partial charge in [0.25, 0.3) is 5.91 Å². The molecule has 2 aromatic rings. The number of H-pyrrole nitrogens is 1. The zero-order chi connectivity index (χ0) is 25.4. The van der Waals surface area contributed by atoms with E-state index in [-0.39, 0.29) is 28.3 Å². The zero-order valence-electron chi connectivity index (χ0n) is 18.3. The van der Waals surface area contributed by atoms with Crippen LogP contribution in [0.5, 0.6) is 0 Å². The summed E-state index contributed by atoms with van der Waals surface area (Å²) in [4.78, 5) is 35.9. The summed E-state index contributed by atoms with van der Waals surface area (Å²) in [6.07, 6.45) is 5.73. The first-order chi connectivity index (χ1) is 16.7. The number of oxime groups is 1. The molecule has 1 amide bonds. The van der Waals surface area contributed by atoms with E-state index in [9.17, 15) is 23.1 Å². The number of halogens is 2. The molecule has 0 radical (unpaired) electrons. The number of hydrogen-bond donors (Lipinski definition) is 5. The van der Waals surface area contributed by atoms with Gasteiger partial charge in [0, 0.05) is 31.9 Å². The van der Waals surface area contributed by atoms with E-state index in [0.717, 1.165) is 19.4 Å². The average Bonchev–Trinajstić information content (AvgIpc) is 3.48. The molecular formula is C20H24Cl2N6O6S. The van der Waals surface area contributed by atoms with Gasteiger partial charge >= 0.3 is 5.97 Å². The number of benzene rings is 1. The van der Waals surface area contributed by atoms with Crippen LogP contribution in [0, 0.1) is 0 Å². The van der Waals surface area contributed by atoms with Gasteiger partial charge in [0.2, 0.25) is 10.0 Å². The summed E-state index contributed by atoms with van der Waals surface area (Å²) >= 11 is 11.8. The smallest absolute Gasteiger partial charge is 0.323 e. The lowest BCUT2D eigenvalue weighted by atomic mass is 10.1. The number of imidazole rings is 1. The molecule has 2 unspecified atom stereocenters. The van der Waals surface area contributed by atoms with Crippen molar-refractivity contribution in [1.82, 2.24) is 20.0 Å². The van der Waals surface area contributed by atoms with Crippen LogP contribution in [-0.2, 0) is 24.4 Å². The Morgan fingerprint density at radius 2 is 2.00 bits per heavy atom. The molecular weight excluding hydrogens is 523 g/mol. The van der Waals surface area contributed by atoms with Gasteiger partial charge in [-0.15, -0.1) is 0 Å². The first-order valence-corrected chi connectivity index (χ1v) is 12.8. The van der Waals surface area contributed by atoms with Gasteiger partial charge in [-0.1, -0.05) is 34.4 Å². The monoisotopic (exact) mass is 546 g/mol. The summed E-state index contributed by atoms with van der Waals surface area (Å²) < 4.78 is 27.3. The van der Waals surface area contributed by atoms with Crippen LogP contribution in [0.3, 0.4) is 0 Å². The second kappa shape index (κ2) is 12.2. The van der Waals surface area contributed by atoms with Gasteiger partial charge in [-0.25, -0.2) is 13.4 Å². The Morgan fingerprint density at radius 3 is 2.66 bits per heavy atom. The molecule has 0 aliphatic carbocycles. The van der Waals surface area contributed by atoms with E-state index in [2.05, 4.69) is 25.8 Å². The number of aromatic nitrogens is 2. The number of carboxylic acid groups (broad SMARTS) is 1. The summed E-state index contributed by atoms with van der Waals surface area (Å²) in [5.41, 5.74) is 0.102. The topological polar surface area (TPSA) is 175 Å². The minimum Gasteiger partial charge on any atom is -0.480 e. The predicted molar refractivity (Wildman–Crippen MR) is 129 cm³/mol. The Morgan fingerprint density at radius 1 is 1.26 bits per heavy atom. The number of anilines is 1. The molecule has 5 N–H and O–H groups in total. The number of nitrogens with one attached hydrogen (secondary N) is 4. The van der Waals surface area contributed by atoms with E-state index in [1.807, 2.05) is 4.72 Å². The van der Waals surface area contributed by atoms with Gasteiger partial charge in [-0.05, 0) is 31.4 Å². The Balaban J connectivity index is 1.44. The second-order valence-corrected chi connectivity index (χ2v) is 10.1. The van der Waals surface area contributed by atoms with Crippen LogP contribution in [-0.4, -0.2) is 66.3 Å². The van der Waals surface area contributed by atoms with Gasteiger partial charge in [0.05, 0.1) is 10.0 Å². The van der Waals surface area contributed by atoms with Crippen molar-refractivity contribution in [2.45, 2.75) is 42.7 Å². The van der Waals surface area contributed by atoms with Crippen LogP contribution >= 0.6 is 23.2 Å². The molecule has 0 fully saturated rings. The summed E-state index contributed by atoms with van der Waals surface area (Å²) in [5, 5.41) is 18.4. The summed E-state index contributed by atoms with van der Waals surface area (Å²) in [6, 6.07) is 2.40. The molecule has 0 bridgehead atoms. The molecule has 1 aromatic heterocycles. The molecule has 1 aliphatic heterocycles. The lowest BCUT2D eigenvalue weighted by molar-refractivity contribution is -0.138. The first kappa shape index (κ1) is 26.7. The number of aromatic amines is 1. The van der Waals surface area contributed by atoms with E-state index in [4.69, 9.17) is 28.0 Å². The summed E-state index contributed by atoms with van der Waals surface area (Å²) in [6.45, 7) is 0.192. The summed E-state index contributed by atoms with van der Waals surface area (Å²) in [5.74, 6) is -1.45. The molecule has 1 aliphatic rings. The maximum Gasteiger partial charge on any atom is 0.323 e. The molecule has 12 nitrogen and oxygen atoms in total. The largest absolute Gasteiger partial charge is 0.480 e. The number of aliphatic carboxylic acids is 1. The van der Waals surface area contributed by atoms with Crippen molar-refractivity contribution in [2.24, 2.45) is 5.16 Å². The van der Waals surface area contributed by atoms with Gasteiger partial charge < -0.3 is 25.6 Å². The van der Waals surface area contributed by atoms with Gasteiger partial charge in [-0.2, -0.15) is 4.72 Å². The highest BCUT2D eigenvalue weighted by atomic mass is 35.5. The number of carbonyl (C=O) groups is 2. The second-order valence-electron chi connectivity index (χ2n) is 7.60. The van der Waals surface area contributed by atoms with Crippen LogP contribution in [0.1, 0.15) is 25.7 Å². The predicted octanol–water partition coefficient (Wildman–Crippen LogP) is 1.99. The molecule has 2 atom stereocenters. The molecule has 15 heteroatoms. The molecule has 0 saturated heterocycles. The van der Waals surface area contributed by atoms with E-state index >= 15 is 0 Å². The van der Waals surface area contributed by atoms with E-state index in [0.29, 0.717) is 12.4 Å². The van der Waals surface area contributed by atoms with Crippen molar-refractivity contribution in [2.75, 3.05) is 18.4 Å². The van der Waals surface area contributed by atoms with Crippen LogP contribution in [0.15, 0.2) is 40.6 Å². The fourth-order valence-electron chi connectivity index (χ4n) is 3.24. The van der Waals surface area contributed by atoms with Gasteiger partial charge in [0.1, 0.15) is 22.8 Å². The Labute approximate surface area is 211 Å². The highest BCUT2D eigenvalue weighted by Crippen LogP contribution is 2.28. The van der Waals surface area contributed by atoms with Crippen molar-refractivity contribution in [3.05, 3.63) is 40.6 Å². The van der Waals surface area contributed by atoms with E-state index in [1.54, 1.807) is 12.4 Å². The van der Waals surface area contributed by atoms with E-state index < -0.39 is 39.4 Å². The minimum absolute atomic E-state index is 0.102. The Hall–Kier alpha value is -2.87. The Bertz CT molecular complexity index is 1150. The maximum absolute atomic E-state index is 12.6. The molecule has 0 saturated carbocycles. The van der Waals surface area contributed by atoms with Crippen molar-refractivity contribution in [3.63, 3.8) is 0 Å². The number of amides is 1. The number of carbonyl (C=O) groups excluding carboxylic acids is 1. The standard InChI is InChI=1S/C20H24Cl2N6O6S/c21-13-5-3-6-14(22)17(13)35(32,33)28-16(19(30)31)11-26-18(29)15-10-12(34-27-15)4-1-2-7-23-20-24-8-9-25-20/h3,5-6,8-9,12,16,28H,1-2,4,7,10-11H2,(H,26,29)(H,30,31)(H2,23,24,25). The van der Waals surface area contributed by atoms with Crippen LogP contribution in [0.25, 0.3) is 0 Å². The third kappa shape index (κ3) is 7.56. The number of rotatable bonds is 13. The van der Waals surface area contributed by atoms with Crippen molar-refractivity contribution in [3.8, 4) is 0 Å². The van der Waals surface area contributed by atoms with E-state index in [1.165, 1.54) is 18.2 Å². The van der Waals surface area contributed by atoms with Crippen molar-refractivity contribution in [1.29, 1.82) is 0 Å². The van der Waals surface area contributed by atoms with Crippen molar-refractivity contribution < 1.29 is 28.0 Å². The van der Waals surface area contributed by atoms with Crippen molar-refractivity contribution >= 4 is 56.8 Å². The molecule has 190 valence electrons. The highest BCUT2D eigenvalue weighted by molar-refractivity contribution is 7.89. The lowest BCUT2D eigenvalue weighted by Crippen LogP contribution is -2.49. The van der Waals surface area contributed by atoms with Crippen LogP contribution in [0.2, 0.25) is 10.0 Å². The summed E-state index contributed by atoms with van der Waals surface area (Å²) in [7, 11) is -4.38. The minimum atomic E-state index is -4.38. The highest BCUT2D eigenvalue weighted by Gasteiger charge is 2.31. The number of unbranched alkanes of at least 4 members (excludes halogenated alkanes) is 1. The third-order valence-corrected chi connectivity index (χ3v) is 7.41. The quantitative estimate of drug-likeness (QED) is 0.237. The molecule has 35 heavy (non-hydrogen) atoms. The molecule has 1 aromatic carbocycles. The number of hydrogen-bond acceptors (Lipinski definition) is 8. The molecule has 0 spiro atoms. The van der Waals surface area contributed by atoms with Crippen LogP contribution in [0.4, 0.5) is 5.95 Å².